The van der Waals surface area contributed by atoms with Crippen molar-refractivity contribution in [1.29, 1.82) is 0 Å². The molecule has 0 radical (unpaired) electrons. The third kappa shape index (κ3) is 3.95. The zero-order valence-electron chi connectivity index (χ0n) is 10.4. The van der Waals surface area contributed by atoms with Crippen LogP contribution in [0.5, 0.6) is 0 Å². The SMILES string of the molecule is NCC#Cc1ccc(COCc2ccco2)c(F)c1. The van der Waals surface area contributed by atoms with E-state index in [-0.39, 0.29) is 19.0 Å². The summed E-state index contributed by atoms with van der Waals surface area (Å²) >= 11 is 0. The molecule has 1 aromatic carbocycles. The summed E-state index contributed by atoms with van der Waals surface area (Å²) in [6.07, 6.45) is 1.57. The van der Waals surface area contributed by atoms with Gasteiger partial charge in [0.25, 0.3) is 0 Å². The van der Waals surface area contributed by atoms with Crippen LogP contribution in [0, 0.1) is 17.7 Å². The molecule has 2 N–H and O–H groups in total. The lowest BCUT2D eigenvalue weighted by atomic mass is 10.1. The van der Waals surface area contributed by atoms with Gasteiger partial charge in [0.15, 0.2) is 0 Å². The van der Waals surface area contributed by atoms with E-state index in [2.05, 4.69) is 11.8 Å². The third-order valence-electron chi connectivity index (χ3n) is 2.47. The van der Waals surface area contributed by atoms with Crippen LogP contribution >= 0.6 is 0 Å². The minimum absolute atomic E-state index is 0.192. The van der Waals surface area contributed by atoms with E-state index in [4.69, 9.17) is 14.9 Å². The van der Waals surface area contributed by atoms with Gasteiger partial charge in [0, 0.05) is 11.1 Å². The van der Waals surface area contributed by atoms with Crippen molar-refractivity contribution in [3.8, 4) is 11.8 Å². The zero-order valence-corrected chi connectivity index (χ0v) is 10.4. The van der Waals surface area contributed by atoms with Crippen LogP contribution in [0.3, 0.4) is 0 Å². The van der Waals surface area contributed by atoms with Gasteiger partial charge in [-0.05, 0) is 24.3 Å². The second-order valence-corrected chi connectivity index (χ2v) is 3.88. The van der Waals surface area contributed by atoms with Gasteiger partial charge in [-0.1, -0.05) is 17.9 Å². The van der Waals surface area contributed by atoms with E-state index in [0.29, 0.717) is 23.5 Å². The van der Waals surface area contributed by atoms with Gasteiger partial charge in [-0.3, -0.25) is 0 Å². The molecule has 0 fully saturated rings. The van der Waals surface area contributed by atoms with Crippen LogP contribution in [0.4, 0.5) is 4.39 Å². The highest BCUT2D eigenvalue weighted by Gasteiger charge is 2.04. The van der Waals surface area contributed by atoms with Crippen LogP contribution in [-0.2, 0) is 18.0 Å². The van der Waals surface area contributed by atoms with Crippen molar-refractivity contribution in [3.05, 3.63) is 59.3 Å². The molecule has 19 heavy (non-hydrogen) atoms. The Kier molecular flexibility index (Phi) is 4.73. The van der Waals surface area contributed by atoms with Gasteiger partial charge in [0.2, 0.25) is 0 Å². The average Bonchev–Trinajstić information content (AvgIpc) is 2.92. The molecule has 0 spiro atoms. The van der Waals surface area contributed by atoms with E-state index in [1.807, 2.05) is 6.07 Å². The fraction of sp³-hybridized carbons (Fsp3) is 0.200. The quantitative estimate of drug-likeness (QED) is 0.858. The molecule has 1 heterocycles. The molecule has 0 amide bonds. The lowest BCUT2D eigenvalue weighted by Gasteiger charge is -2.04. The number of benzene rings is 1. The zero-order chi connectivity index (χ0) is 13.5. The van der Waals surface area contributed by atoms with Gasteiger partial charge in [-0.2, -0.15) is 0 Å². The molecule has 0 bridgehead atoms. The summed E-state index contributed by atoms with van der Waals surface area (Å²) in [5.74, 6) is 5.84. The molecular weight excluding hydrogens is 245 g/mol. The summed E-state index contributed by atoms with van der Waals surface area (Å²) in [4.78, 5) is 0. The van der Waals surface area contributed by atoms with Gasteiger partial charge in [0.05, 0.1) is 19.4 Å². The number of furan rings is 1. The van der Waals surface area contributed by atoms with Crippen LogP contribution in [0.15, 0.2) is 41.0 Å². The Bertz CT molecular complexity index is 582. The average molecular weight is 259 g/mol. The Morgan fingerprint density at radius 3 is 2.84 bits per heavy atom. The first kappa shape index (κ1) is 13.3. The number of hydrogen-bond acceptors (Lipinski definition) is 3. The number of nitrogens with two attached hydrogens (primary N) is 1. The second kappa shape index (κ2) is 6.74. The Morgan fingerprint density at radius 2 is 2.16 bits per heavy atom. The molecule has 0 saturated heterocycles. The normalized spacial score (nSPS) is 10.0. The predicted octanol–water partition coefficient (Wildman–Crippen LogP) is 2.45. The van der Waals surface area contributed by atoms with Crippen molar-refractivity contribution >= 4 is 0 Å². The molecule has 0 aliphatic rings. The van der Waals surface area contributed by atoms with E-state index in [0.717, 1.165) is 0 Å². The van der Waals surface area contributed by atoms with E-state index in [9.17, 15) is 4.39 Å². The van der Waals surface area contributed by atoms with Gasteiger partial charge >= 0.3 is 0 Å². The fourth-order valence-electron chi connectivity index (χ4n) is 1.55. The molecule has 0 unspecified atom stereocenters. The lowest BCUT2D eigenvalue weighted by Crippen LogP contribution is -1.97. The summed E-state index contributed by atoms with van der Waals surface area (Å²) in [6.45, 7) is 0.772. The number of halogens is 1. The Balaban J connectivity index is 1.93. The molecule has 0 atom stereocenters. The first-order valence-electron chi connectivity index (χ1n) is 5.87. The topological polar surface area (TPSA) is 48.4 Å². The van der Waals surface area contributed by atoms with Crippen molar-refractivity contribution in [1.82, 2.24) is 0 Å². The van der Waals surface area contributed by atoms with E-state index in [1.165, 1.54) is 6.07 Å². The first-order valence-corrected chi connectivity index (χ1v) is 5.87. The third-order valence-corrected chi connectivity index (χ3v) is 2.47. The Labute approximate surface area is 111 Å². The lowest BCUT2D eigenvalue weighted by molar-refractivity contribution is 0.0909. The maximum Gasteiger partial charge on any atom is 0.129 e. The second-order valence-electron chi connectivity index (χ2n) is 3.88. The summed E-state index contributed by atoms with van der Waals surface area (Å²) in [6, 6.07) is 8.38. The number of rotatable bonds is 4. The predicted molar refractivity (Wildman–Crippen MR) is 69.5 cm³/mol. The van der Waals surface area contributed by atoms with Crippen molar-refractivity contribution in [2.24, 2.45) is 5.73 Å². The molecule has 1 aromatic heterocycles. The molecule has 0 saturated carbocycles. The standard InChI is InChI=1S/C15H14FNO2/c16-15-9-12(3-1-7-17)5-6-13(15)10-18-11-14-4-2-8-19-14/h2,4-6,8-9H,7,10-11,17H2. The fourth-order valence-corrected chi connectivity index (χ4v) is 1.55. The highest BCUT2D eigenvalue weighted by atomic mass is 19.1. The van der Waals surface area contributed by atoms with Crippen molar-refractivity contribution in [3.63, 3.8) is 0 Å². The summed E-state index contributed by atoms with van der Waals surface area (Å²) in [5.41, 5.74) is 6.36. The van der Waals surface area contributed by atoms with Crippen LogP contribution in [0.25, 0.3) is 0 Å². The van der Waals surface area contributed by atoms with Crippen LogP contribution in [-0.4, -0.2) is 6.54 Å². The maximum atomic E-state index is 13.7. The summed E-state index contributed by atoms with van der Waals surface area (Å²) < 4.78 is 24.2. The van der Waals surface area contributed by atoms with Crippen LogP contribution in [0.2, 0.25) is 0 Å². The molecule has 3 nitrogen and oxygen atoms in total. The monoisotopic (exact) mass is 259 g/mol. The smallest absolute Gasteiger partial charge is 0.129 e. The first-order chi connectivity index (χ1) is 9.29. The Morgan fingerprint density at radius 1 is 1.26 bits per heavy atom. The van der Waals surface area contributed by atoms with Crippen molar-refractivity contribution in [2.75, 3.05) is 6.54 Å². The minimum atomic E-state index is -0.330. The van der Waals surface area contributed by atoms with Gasteiger partial charge < -0.3 is 14.9 Å². The number of ether oxygens (including phenoxy) is 1. The molecule has 2 aromatic rings. The summed E-state index contributed by atoms with van der Waals surface area (Å²) in [7, 11) is 0. The molecule has 2 rings (SSSR count). The number of hydrogen-bond donors (Lipinski definition) is 1. The highest BCUT2D eigenvalue weighted by molar-refractivity contribution is 5.37. The largest absolute Gasteiger partial charge is 0.467 e. The van der Waals surface area contributed by atoms with E-state index >= 15 is 0 Å². The Hall–Kier alpha value is -2.09. The van der Waals surface area contributed by atoms with Gasteiger partial charge in [-0.25, -0.2) is 4.39 Å². The molecular formula is C15H14FNO2. The van der Waals surface area contributed by atoms with Crippen LogP contribution in [0.1, 0.15) is 16.9 Å². The van der Waals surface area contributed by atoms with Crippen LogP contribution < -0.4 is 5.73 Å². The van der Waals surface area contributed by atoms with Crippen molar-refractivity contribution < 1.29 is 13.5 Å². The van der Waals surface area contributed by atoms with Gasteiger partial charge in [-0.15, -0.1) is 0 Å². The maximum absolute atomic E-state index is 13.7. The van der Waals surface area contributed by atoms with E-state index < -0.39 is 0 Å². The molecule has 0 aliphatic carbocycles. The van der Waals surface area contributed by atoms with E-state index in [1.54, 1.807) is 24.5 Å². The highest BCUT2D eigenvalue weighted by Crippen LogP contribution is 2.12. The molecule has 0 aliphatic heterocycles. The summed E-state index contributed by atoms with van der Waals surface area (Å²) in [5, 5.41) is 0. The molecule has 4 heteroatoms. The molecule has 98 valence electrons. The van der Waals surface area contributed by atoms with Crippen molar-refractivity contribution in [2.45, 2.75) is 13.2 Å². The van der Waals surface area contributed by atoms with Gasteiger partial charge in [0.1, 0.15) is 18.2 Å². The minimum Gasteiger partial charge on any atom is -0.467 e.